The Morgan fingerprint density at radius 1 is 1.67 bits per heavy atom. The molecule has 4 heteroatoms. The van der Waals surface area contributed by atoms with Crippen LogP contribution in [0, 0.1) is 0 Å². The molecule has 0 spiro atoms. The molecule has 4 nitrogen and oxygen atoms in total. The van der Waals surface area contributed by atoms with Crippen molar-refractivity contribution in [2.75, 3.05) is 0 Å². The summed E-state index contributed by atoms with van der Waals surface area (Å²) in [7, 11) is 0. The summed E-state index contributed by atoms with van der Waals surface area (Å²) < 4.78 is 0. The van der Waals surface area contributed by atoms with Crippen LogP contribution in [0.2, 0.25) is 0 Å². The van der Waals surface area contributed by atoms with Crippen LogP contribution in [0.1, 0.15) is 0 Å². The topological polar surface area (TPSA) is 69.6 Å². The van der Waals surface area contributed by atoms with E-state index in [0.717, 1.165) is 6.41 Å². The lowest BCUT2D eigenvalue weighted by molar-refractivity contribution is -0.0511. The molecule has 6 heavy (non-hydrogen) atoms. The Hall–Kier alpha value is -0.610. The number of aliphatic hydroxyl groups is 2. The molecule has 1 radical (unpaired) electrons. The van der Waals surface area contributed by atoms with Gasteiger partial charge in [-0.25, -0.2) is 0 Å². The van der Waals surface area contributed by atoms with Gasteiger partial charge in [-0.2, -0.15) is 0 Å². The zero-order valence-electron chi connectivity index (χ0n) is 2.88. The maximum atomic E-state index is 9.06. The molecule has 3 N–H and O–H groups in total. The number of aliphatic hydroxyl groups excluding tert-OH is 1. The van der Waals surface area contributed by atoms with E-state index in [9.17, 15) is 0 Å². The Morgan fingerprint density at radius 3 is 2.17 bits per heavy atom. The van der Waals surface area contributed by atoms with Crippen LogP contribution in [-0.4, -0.2) is 23.0 Å². The molecule has 0 bridgehead atoms. The lowest BCUT2D eigenvalue weighted by atomic mass is 11.1. The fourth-order valence-corrected chi connectivity index (χ4v) is 0.0527. The van der Waals surface area contributed by atoms with Gasteiger partial charge in [-0.05, 0) is 0 Å². The van der Waals surface area contributed by atoms with Crippen molar-refractivity contribution in [1.29, 1.82) is 0 Å². The second-order valence-electron chi connectivity index (χ2n) is 0.620. The van der Waals surface area contributed by atoms with Crippen LogP contribution in [0.3, 0.4) is 0 Å². The Balaban J connectivity index is 2.81. The van der Waals surface area contributed by atoms with E-state index in [-0.39, 0.29) is 0 Å². The van der Waals surface area contributed by atoms with Gasteiger partial charge in [0.15, 0.2) is 0 Å². The van der Waals surface area contributed by atoms with E-state index >= 15 is 0 Å². The highest BCUT2D eigenvalue weighted by molar-refractivity contribution is 5.46. The molecule has 0 heterocycles. The number of hydrogen-bond acceptors (Lipinski definition) is 3. The minimum absolute atomic E-state index is 1.07. The van der Waals surface area contributed by atoms with Gasteiger partial charge >= 0.3 is 6.41 Å². The van der Waals surface area contributed by atoms with Crippen molar-refractivity contribution in [2.45, 2.75) is 6.41 Å². The fraction of sp³-hybridized carbons (Fsp3) is 0.500. The maximum Gasteiger partial charge on any atom is 0.313 e. The highest BCUT2D eigenvalue weighted by Crippen LogP contribution is 1.53. The van der Waals surface area contributed by atoms with E-state index < -0.39 is 6.41 Å². The molecule has 35 valence electrons. The standard InChI is InChI=1S/C2H4NO3/c4-1-3-2(5)6/h2,5-6H,(H,3,4). The first-order valence-corrected chi connectivity index (χ1v) is 1.26. The minimum Gasteiger partial charge on any atom is -0.351 e. The van der Waals surface area contributed by atoms with Crippen molar-refractivity contribution in [3.8, 4) is 0 Å². The van der Waals surface area contributed by atoms with Crippen molar-refractivity contribution in [1.82, 2.24) is 5.32 Å². The van der Waals surface area contributed by atoms with Gasteiger partial charge in [-0.1, -0.05) is 0 Å². The van der Waals surface area contributed by atoms with Crippen molar-refractivity contribution < 1.29 is 15.0 Å². The van der Waals surface area contributed by atoms with Crippen LogP contribution in [0.5, 0.6) is 0 Å². The van der Waals surface area contributed by atoms with Crippen LogP contribution in [0.4, 0.5) is 0 Å². The van der Waals surface area contributed by atoms with Gasteiger partial charge in [0.25, 0.3) is 0 Å². The summed E-state index contributed by atoms with van der Waals surface area (Å²) in [6.45, 7) is 0. The molecular formula is C2H4NO3. The van der Waals surface area contributed by atoms with Crippen molar-refractivity contribution in [3.63, 3.8) is 0 Å². The molecule has 0 unspecified atom stereocenters. The lowest BCUT2D eigenvalue weighted by Crippen LogP contribution is -2.25. The Morgan fingerprint density at radius 2 is 2.17 bits per heavy atom. The predicted molar refractivity (Wildman–Crippen MR) is 17.1 cm³/mol. The molecular weight excluding hydrogens is 86.0 g/mol. The van der Waals surface area contributed by atoms with Crippen LogP contribution >= 0.6 is 0 Å². The van der Waals surface area contributed by atoms with Gasteiger partial charge in [-0.3, -0.25) is 10.1 Å². The molecule has 0 atom stereocenters. The zero-order valence-corrected chi connectivity index (χ0v) is 2.88. The third kappa shape index (κ3) is 3.39. The number of rotatable bonds is 2. The molecule has 0 aromatic rings. The van der Waals surface area contributed by atoms with Crippen LogP contribution in [0.25, 0.3) is 0 Å². The second-order valence-corrected chi connectivity index (χ2v) is 0.620. The highest BCUT2D eigenvalue weighted by Gasteiger charge is 1.86. The Labute approximate surface area is 34.4 Å². The fourth-order valence-electron chi connectivity index (χ4n) is 0.0527. The largest absolute Gasteiger partial charge is 0.351 e. The summed E-state index contributed by atoms with van der Waals surface area (Å²) in [4.78, 5) is 9.06. The molecule has 0 aliphatic rings. The zero-order chi connectivity index (χ0) is 4.99. The summed E-state index contributed by atoms with van der Waals surface area (Å²) >= 11 is 0. The number of hydrogen-bond donors (Lipinski definition) is 3. The summed E-state index contributed by atoms with van der Waals surface area (Å²) in [6, 6.07) is 0. The van der Waals surface area contributed by atoms with Gasteiger partial charge in [0.1, 0.15) is 0 Å². The Kier molecular flexibility index (Phi) is 2.35. The predicted octanol–water partition coefficient (Wildman–Crippen LogP) is -2.09. The average Bonchev–Trinajstić information content (AvgIpc) is 1.35. The van der Waals surface area contributed by atoms with Gasteiger partial charge in [0.05, 0.1) is 0 Å². The molecule has 0 aromatic heterocycles. The molecule has 0 saturated heterocycles. The third-order valence-electron chi connectivity index (χ3n) is 0.188. The normalized spacial score (nSPS) is 8.50. The Bertz CT molecular complexity index is 44.1. The molecule has 0 aliphatic carbocycles. The first-order valence-electron chi connectivity index (χ1n) is 1.26. The summed E-state index contributed by atoms with van der Waals surface area (Å²) in [5.74, 6) is 0. The van der Waals surface area contributed by atoms with Crippen LogP contribution in [-0.2, 0) is 4.79 Å². The molecule has 0 aromatic carbocycles. The first-order chi connectivity index (χ1) is 2.77. The molecule has 0 rings (SSSR count). The number of carbonyl (C=O) groups excluding carboxylic acids is 1. The van der Waals surface area contributed by atoms with E-state index in [4.69, 9.17) is 15.0 Å². The van der Waals surface area contributed by atoms with E-state index in [1.54, 1.807) is 0 Å². The molecule has 0 fully saturated rings. The highest BCUT2D eigenvalue weighted by atomic mass is 16.5. The van der Waals surface area contributed by atoms with Gasteiger partial charge in [-0.15, -0.1) is 0 Å². The lowest BCUT2D eigenvalue weighted by Gasteiger charge is -1.93. The summed E-state index contributed by atoms with van der Waals surface area (Å²) in [6.07, 6.45) is -0.708. The number of amides is 1. The van der Waals surface area contributed by atoms with E-state index in [1.165, 1.54) is 5.32 Å². The maximum absolute atomic E-state index is 9.06. The SMILES string of the molecule is O=[C]NC(O)O. The first kappa shape index (κ1) is 5.39. The second kappa shape index (κ2) is 2.62. The minimum atomic E-state index is -1.78. The molecule has 1 amide bonds. The van der Waals surface area contributed by atoms with Gasteiger partial charge < -0.3 is 10.2 Å². The number of nitrogens with one attached hydrogen (secondary N) is 1. The van der Waals surface area contributed by atoms with Gasteiger partial charge in [0.2, 0.25) is 6.41 Å². The van der Waals surface area contributed by atoms with E-state index in [0.29, 0.717) is 0 Å². The van der Waals surface area contributed by atoms with E-state index in [2.05, 4.69) is 0 Å². The third-order valence-corrected chi connectivity index (χ3v) is 0.188. The van der Waals surface area contributed by atoms with Crippen molar-refractivity contribution in [2.24, 2.45) is 0 Å². The smallest absolute Gasteiger partial charge is 0.313 e. The molecule has 0 saturated carbocycles. The van der Waals surface area contributed by atoms with E-state index in [1.807, 2.05) is 0 Å². The van der Waals surface area contributed by atoms with Gasteiger partial charge in [0, 0.05) is 0 Å². The van der Waals surface area contributed by atoms with Crippen molar-refractivity contribution in [3.05, 3.63) is 0 Å². The quantitative estimate of drug-likeness (QED) is 0.269. The van der Waals surface area contributed by atoms with Crippen molar-refractivity contribution >= 4 is 6.41 Å². The monoisotopic (exact) mass is 90.0 g/mol. The summed E-state index contributed by atoms with van der Waals surface area (Å²) in [5, 5.41) is 17.0. The average molecular weight is 90.1 g/mol. The molecule has 0 aliphatic heterocycles. The van der Waals surface area contributed by atoms with Crippen LogP contribution in [0.15, 0.2) is 0 Å². The van der Waals surface area contributed by atoms with Crippen LogP contribution < -0.4 is 5.32 Å². The summed E-state index contributed by atoms with van der Waals surface area (Å²) in [5.41, 5.74) is 0.